The Labute approximate surface area is 162 Å². The molecule has 2 aromatic carbocycles. The van der Waals surface area contributed by atoms with E-state index in [9.17, 15) is 4.79 Å². The minimum Gasteiger partial charge on any atom is -0.343 e. The van der Waals surface area contributed by atoms with E-state index in [2.05, 4.69) is 48.5 Å². The predicted molar refractivity (Wildman–Crippen MR) is 110 cm³/mol. The number of nitrogens with zero attached hydrogens (tertiary/aromatic N) is 1. The fourth-order valence-corrected chi connectivity index (χ4v) is 5.36. The molecule has 0 spiro atoms. The lowest BCUT2D eigenvalue weighted by molar-refractivity contribution is 0.0836. The van der Waals surface area contributed by atoms with Crippen LogP contribution < -0.4 is 5.32 Å². The number of likely N-dealkylation sites (N-methyl/N-ethyl adjacent to an activating group) is 1. The quantitative estimate of drug-likeness (QED) is 0.854. The number of hydrogen-bond donors (Lipinski definition) is 1. The molecule has 0 aliphatic carbocycles. The molecule has 27 heavy (non-hydrogen) atoms. The van der Waals surface area contributed by atoms with Crippen molar-refractivity contribution in [3.05, 3.63) is 70.3 Å². The molecule has 0 saturated carbocycles. The summed E-state index contributed by atoms with van der Waals surface area (Å²) >= 11 is 0. The van der Waals surface area contributed by atoms with Gasteiger partial charge in [0, 0.05) is 17.1 Å². The number of benzene rings is 2. The summed E-state index contributed by atoms with van der Waals surface area (Å²) in [7, 11) is 2.25. The van der Waals surface area contributed by atoms with Crippen LogP contribution in [-0.2, 0) is 0 Å². The third-order valence-corrected chi connectivity index (χ3v) is 7.00. The summed E-state index contributed by atoms with van der Waals surface area (Å²) in [6, 6.07) is 15.4. The molecule has 2 saturated heterocycles. The Hall–Kier alpha value is -2.13. The average molecular weight is 363 g/mol. The van der Waals surface area contributed by atoms with Gasteiger partial charge in [-0.1, -0.05) is 48.0 Å². The molecule has 1 amide bonds. The van der Waals surface area contributed by atoms with Crippen molar-refractivity contribution in [1.29, 1.82) is 0 Å². The van der Waals surface area contributed by atoms with Crippen LogP contribution in [0.5, 0.6) is 0 Å². The van der Waals surface area contributed by atoms with E-state index < -0.39 is 0 Å². The molecule has 3 heteroatoms. The van der Waals surface area contributed by atoms with Crippen LogP contribution in [0.2, 0.25) is 0 Å². The zero-order valence-electron chi connectivity index (χ0n) is 16.9. The fourth-order valence-electron chi connectivity index (χ4n) is 5.36. The smallest absolute Gasteiger partial charge is 0.252 e. The highest BCUT2D eigenvalue weighted by Gasteiger charge is 2.54. The van der Waals surface area contributed by atoms with E-state index in [1.807, 2.05) is 32.0 Å². The van der Waals surface area contributed by atoms with Crippen molar-refractivity contribution < 1.29 is 4.79 Å². The molecule has 2 bridgehead atoms. The maximum atomic E-state index is 13.3. The Morgan fingerprint density at radius 1 is 1.04 bits per heavy atom. The highest BCUT2D eigenvalue weighted by atomic mass is 16.1. The van der Waals surface area contributed by atoms with Crippen molar-refractivity contribution in [2.24, 2.45) is 0 Å². The van der Waals surface area contributed by atoms with Crippen molar-refractivity contribution in [3.8, 4) is 0 Å². The SMILES string of the molecule is Cc1ccc(C(NC(=O)c2c(C)cccc2C)C23CCC(CC2)N3C)cc1. The first-order valence-electron chi connectivity index (χ1n) is 10.1. The molecule has 2 aliphatic heterocycles. The maximum Gasteiger partial charge on any atom is 0.252 e. The normalized spacial score (nSPS) is 25.6. The Kier molecular flexibility index (Phi) is 4.59. The lowest BCUT2D eigenvalue weighted by atomic mass is 9.78. The van der Waals surface area contributed by atoms with Crippen molar-refractivity contribution in [3.63, 3.8) is 0 Å². The van der Waals surface area contributed by atoms with Gasteiger partial charge in [0.15, 0.2) is 0 Å². The molecule has 4 rings (SSSR count). The monoisotopic (exact) mass is 362 g/mol. The van der Waals surface area contributed by atoms with Crippen LogP contribution in [0.3, 0.4) is 0 Å². The molecule has 1 unspecified atom stereocenters. The first-order chi connectivity index (χ1) is 12.9. The molecule has 0 aromatic heterocycles. The van der Waals surface area contributed by atoms with E-state index in [0.29, 0.717) is 6.04 Å². The third kappa shape index (κ3) is 2.98. The van der Waals surface area contributed by atoms with Crippen LogP contribution in [0.4, 0.5) is 0 Å². The molecule has 1 N–H and O–H groups in total. The molecule has 142 valence electrons. The van der Waals surface area contributed by atoms with Gasteiger partial charge < -0.3 is 5.32 Å². The van der Waals surface area contributed by atoms with Crippen molar-refractivity contribution >= 4 is 5.91 Å². The summed E-state index contributed by atoms with van der Waals surface area (Å²) in [5, 5.41) is 3.46. The molecule has 2 aliphatic rings. The summed E-state index contributed by atoms with van der Waals surface area (Å²) in [6.45, 7) is 6.16. The van der Waals surface area contributed by atoms with Gasteiger partial charge in [0.2, 0.25) is 0 Å². The van der Waals surface area contributed by atoms with E-state index in [1.54, 1.807) is 0 Å². The van der Waals surface area contributed by atoms with Crippen LogP contribution in [0.25, 0.3) is 0 Å². The molecule has 3 nitrogen and oxygen atoms in total. The lowest BCUT2D eigenvalue weighted by Crippen LogP contribution is -2.51. The van der Waals surface area contributed by atoms with Gasteiger partial charge in [0.1, 0.15) is 0 Å². The van der Waals surface area contributed by atoms with Gasteiger partial charge in [0.05, 0.1) is 6.04 Å². The highest BCUT2D eigenvalue weighted by Crippen LogP contribution is 2.51. The van der Waals surface area contributed by atoms with Gasteiger partial charge in [-0.3, -0.25) is 9.69 Å². The van der Waals surface area contributed by atoms with Crippen molar-refractivity contribution in [2.45, 2.75) is 64.1 Å². The Morgan fingerprint density at radius 3 is 2.15 bits per heavy atom. The van der Waals surface area contributed by atoms with Crippen LogP contribution >= 0.6 is 0 Å². The minimum atomic E-state index is 0.0158. The number of hydrogen-bond acceptors (Lipinski definition) is 2. The van der Waals surface area contributed by atoms with Crippen LogP contribution in [0.1, 0.15) is 64.3 Å². The third-order valence-electron chi connectivity index (χ3n) is 7.00. The largest absolute Gasteiger partial charge is 0.343 e. The molecule has 2 heterocycles. The van der Waals surface area contributed by atoms with Gasteiger partial charge in [-0.05, 0) is 70.2 Å². The van der Waals surface area contributed by atoms with E-state index in [1.165, 1.54) is 24.0 Å². The number of carbonyl (C=O) groups is 1. The molecular formula is C24H30N2O. The predicted octanol–water partition coefficient (Wildman–Crippen LogP) is 4.71. The van der Waals surface area contributed by atoms with Gasteiger partial charge in [0.25, 0.3) is 5.91 Å². The first-order valence-corrected chi connectivity index (χ1v) is 10.1. The number of rotatable bonds is 4. The summed E-state index contributed by atoms with van der Waals surface area (Å²) < 4.78 is 0. The number of aryl methyl sites for hydroxylation is 3. The fraction of sp³-hybridized carbons (Fsp3) is 0.458. The number of amides is 1. The molecule has 0 radical (unpaired) electrons. The highest BCUT2D eigenvalue weighted by molar-refractivity contribution is 5.97. The summed E-state index contributed by atoms with van der Waals surface area (Å²) in [6.07, 6.45) is 4.77. The van der Waals surface area contributed by atoms with Crippen molar-refractivity contribution in [1.82, 2.24) is 10.2 Å². The zero-order valence-corrected chi connectivity index (χ0v) is 16.9. The van der Waals surface area contributed by atoms with Gasteiger partial charge in [-0.25, -0.2) is 0 Å². The van der Waals surface area contributed by atoms with E-state index >= 15 is 0 Å². The molecule has 1 atom stereocenters. The summed E-state index contributed by atoms with van der Waals surface area (Å²) in [5.41, 5.74) is 5.40. The Balaban J connectivity index is 1.73. The minimum absolute atomic E-state index is 0.0158. The Morgan fingerprint density at radius 2 is 1.63 bits per heavy atom. The summed E-state index contributed by atoms with van der Waals surface area (Å²) in [5.74, 6) is 0.0503. The van der Waals surface area contributed by atoms with Gasteiger partial charge in [-0.15, -0.1) is 0 Å². The summed E-state index contributed by atoms with van der Waals surface area (Å²) in [4.78, 5) is 15.9. The average Bonchev–Trinajstić information content (AvgIpc) is 3.13. The number of carbonyl (C=O) groups excluding carboxylic acids is 1. The second-order valence-corrected chi connectivity index (χ2v) is 8.53. The first kappa shape index (κ1) is 18.2. The number of fused-ring (bicyclic) bond motifs is 2. The topological polar surface area (TPSA) is 32.3 Å². The standard InChI is InChI=1S/C24H30N2O/c1-16-8-10-19(11-9-16)22(24-14-12-20(13-15-24)26(24)4)25-23(27)21-17(2)6-5-7-18(21)3/h5-11,20,22H,12-15H2,1-4H3,(H,25,27). The van der Waals surface area contributed by atoms with Gasteiger partial charge in [-0.2, -0.15) is 0 Å². The van der Waals surface area contributed by atoms with Crippen molar-refractivity contribution in [2.75, 3.05) is 7.05 Å². The molecular weight excluding hydrogens is 332 g/mol. The van der Waals surface area contributed by atoms with E-state index in [4.69, 9.17) is 0 Å². The zero-order chi connectivity index (χ0) is 19.2. The molecule has 2 aromatic rings. The maximum absolute atomic E-state index is 13.3. The second kappa shape index (κ2) is 6.79. The van der Waals surface area contributed by atoms with Crippen LogP contribution in [0.15, 0.2) is 42.5 Å². The Bertz CT molecular complexity index is 827. The number of nitrogens with one attached hydrogen (secondary N) is 1. The second-order valence-electron chi connectivity index (χ2n) is 8.53. The molecule has 2 fully saturated rings. The van der Waals surface area contributed by atoms with E-state index in [0.717, 1.165) is 29.5 Å². The van der Waals surface area contributed by atoms with E-state index in [-0.39, 0.29) is 17.5 Å². The van der Waals surface area contributed by atoms with Gasteiger partial charge >= 0.3 is 0 Å². The lowest BCUT2D eigenvalue weighted by Gasteiger charge is -2.41. The van der Waals surface area contributed by atoms with Crippen LogP contribution in [0, 0.1) is 20.8 Å². The van der Waals surface area contributed by atoms with Crippen LogP contribution in [-0.4, -0.2) is 29.4 Å².